The second kappa shape index (κ2) is 6.27. The molecule has 0 saturated carbocycles. The van der Waals surface area contributed by atoms with E-state index < -0.39 is 0 Å². The zero-order chi connectivity index (χ0) is 13.8. The van der Waals surface area contributed by atoms with E-state index in [1.165, 1.54) is 5.56 Å². The first kappa shape index (κ1) is 14.2. The van der Waals surface area contributed by atoms with Crippen LogP contribution in [0, 0.1) is 6.92 Å². The minimum absolute atomic E-state index is 0.108. The van der Waals surface area contributed by atoms with Gasteiger partial charge < -0.3 is 0 Å². The lowest BCUT2D eigenvalue weighted by Gasteiger charge is -2.10. The summed E-state index contributed by atoms with van der Waals surface area (Å²) in [7, 11) is 0. The first-order valence-corrected chi connectivity index (χ1v) is 7.35. The molecule has 2 aromatic carbocycles. The summed E-state index contributed by atoms with van der Waals surface area (Å²) in [5.74, 6) is 0.127. The topological polar surface area (TPSA) is 17.1 Å². The van der Waals surface area contributed by atoms with Gasteiger partial charge >= 0.3 is 0 Å². The van der Waals surface area contributed by atoms with Gasteiger partial charge in [-0.3, -0.25) is 4.79 Å². The van der Waals surface area contributed by atoms with E-state index in [0.717, 1.165) is 4.90 Å². The molecule has 0 radical (unpaired) electrons. The molecule has 0 heterocycles. The molecule has 2 aromatic rings. The molecule has 1 atom stereocenters. The van der Waals surface area contributed by atoms with Gasteiger partial charge in [-0.1, -0.05) is 29.3 Å². The molecule has 1 unspecified atom stereocenters. The maximum Gasteiger partial charge on any atom is 0.175 e. The van der Waals surface area contributed by atoms with Gasteiger partial charge in [0, 0.05) is 15.5 Å². The van der Waals surface area contributed by atoms with Crippen LogP contribution in [0.3, 0.4) is 0 Å². The number of ketones is 1. The average Bonchev–Trinajstić information content (AvgIpc) is 2.41. The predicted octanol–water partition coefficient (Wildman–Crippen LogP) is 5.01. The van der Waals surface area contributed by atoms with Crippen molar-refractivity contribution in [1.82, 2.24) is 0 Å². The van der Waals surface area contributed by atoms with Crippen molar-refractivity contribution in [2.45, 2.75) is 24.0 Å². The Kier molecular flexibility index (Phi) is 4.67. The molecule has 0 aliphatic heterocycles. The number of benzene rings is 2. The zero-order valence-electron chi connectivity index (χ0n) is 10.9. The monoisotopic (exact) mass is 290 g/mol. The second-order valence-electron chi connectivity index (χ2n) is 4.44. The normalized spacial score (nSPS) is 12.2. The number of Topliss-reactive ketones (excluding diaryl/α,β-unsaturated/α-hetero) is 1. The number of carbonyl (C=O) groups excluding carboxylic acids is 1. The van der Waals surface area contributed by atoms with E-state index in [4.69, 9.17) is 11.6 Å². The number of hydrogen-bond donors (Lipinski definition) is 0. The van der Waals surface area contributed by atoms with Crippen molar-refractivity contribution in [1.29, 1.82) is 0 Å². The Bertz CT molecular complexity index is 560. The molecule has 98 valence electrons. The third kappa shape index (κ3) is 3.85. The predicted molar refractivity (Wildman–Crippen MR) is 82.3 cm³/mol. The molecular formula is C16H15ClOS. The summed E-state index contributed by atoms with van der Waals surface area (Å²) in [5, 5.41) is 0.541. The SMILES string of the molecule is Cc1ccc(SC(C)C(=O)c2ccc(Cl)cc2)cc1. The fraction of sp³-hybridized carbons (Fsp3) is 0.188. The van der Waals surface area contributed by atoms with Crippen LogP contribution in [0.4, 0.5) is 0 Å². The third-order valence-electron chi connectivity index (χ3n) is 2.83. The molecule has 0 amide bonds. The van der Waals surface area contributed by atoms with Crippen LogP contribution in [0.15, 0.2) is 53.4 Å². The Morgan fingerprint density at radius 2 is 1.63 bits per heavy atom. The lowest BCUT2D eigenvalue weighted by molar-refractivity contribution is 0.0994. The van der Waals surface area contributed by atoms with Crippen LogP contribution < -0.4 is 0 Å². The van der Waals surface area contributed by atoms with Crippen LogP contribution in [-0.4, -0.2) is 11.0 Å². The summed E-state index contributed by atoms with van der Waals surface area (Å²) in [4.78, 5) is 13.4. The molecule has 0 N–H and O–H groups in total. The molecule has 0 aliphatic carbocycles. The van der Waals surface area contributed by atoms with Crippen molar-refractivity contribution in [2.75, 3.05) is 0 Å². The summed E-state index contributed by atoms with van der Waals surface area (Å²) < 4.78 is 0. The van der Waals surface area contributed by atoms with Crippen LogP contribution in [-0.2, 0) is 0 Å². The summed E-state index contributed by atoms with van der Waals surface area (Å²) in [6, 6.07) is 15.3. The van der Waals surface area contributed by atoms with Crippen LogP contribution >= 0.6 is 23.4 Å². The van der Waals surface area contributed by atoms with Crippen LogP contribution in [0.5, 0.6) is 0 Å². The molecule has 0 aromatic heterocycles. The lowest BCUT2D eigenvalue weighted by atomic mass is 10.1. The van der Waals surface area contributed by atoms with Crippen molar-refractivity contribution >= 4 is 29.1 Å². The van der Waals surface area contributed by atoms with Crippen LogP contribution in [0.2, 0.25) is 5.02 Å². The first-order valence-electron chi connectivity index (χ1n) is 6.09. The van der Waals surface area contributed by atoms with Gasteiger partial charge in [0.05, 0.1) is 5.25 Å². The van der Waals surface area contributed by atoms with Crippen molar-refractivity contribution < 1.29 is 4.79 Å². The van der Waals surface area contributed by atoms with Gasteiger partial charge in [-0.05, 0) is 50.2 Å². The minimum atomic E-state index is -0.108. The maximum atomic E-state index is 12.3. The van der Waals surface area contributed by atoms with Crippen molar-refractivity contribution in [3.05, 3.63) is 64.7 Å². The van der Waals surface area contributed by atoms with E-state index in [2.05, 4.69) is 19.1 Å². The number of aryl methyl sites for hydroxylation is 1. The molecular weight excluding hydrogens is 276 g/mol. The van der Waals surface area contributed by atoms with Crippen molar-refractivity contribution in [3.63, 3.8) is 0 Å². The van der Waals surface area contributed by atoms with Gasteiger partial charge in [-0.2, -0.15) is 0 Å². The number of halogens is 1. The summed E-state index contributed by atoms with van der Waals surface area (Å²) in [6.45, 7) is 3.98. The average molecular weight is 291 g/mol. The summed E-state index contributed by atoms with van der Waals surface area (Å²) in [5.41, 5.74) is 1.93. The molecule has 0 bridgehead atoms. The quantitative estimate of drug-likeness (QED) is 0.581. The van der Waals surface area contributed by atoms with Gasteiger partial charge in [0.15, 0.2) is 5.78 Å². The largest absolute Gasteiger partial charge is 0.293 e. The highest BCUT2D eigenvalue weighted by atomic mass is 35.5. The van der Waals surface area contributed by atoms with Crippen molar-refractivity contribution in [3.8, 4) is 0 Å². The van der Waals surface area contributed by atoms with Gasteiger partial charge in [0.1, 0.15) is 0 Å². The Hall–Kier alpha value is -1.25. The van der Waals surface area contributed by atoms with E-state index in [1.54, 1.807) is 36.0 Å². The molecule has 3 heteroatoms. The van der Waals surface area contributed by atoms with E-state index in [-0.39, 0.29) is 11.0 Å². The Morgan fingerprint density at radius 3 is 2.21 bits per heavy atom. The van der Waals surface area contributed by atoms with Gasteiger partial charge in [-0.25, -0.2) is 0 Å². The Balaban J connectivity index is 2.07. The van der Waals surface area contributed by atoms with E-state index in [9.17, 15) is 4.79 Å². The smallest absolute Gasteiger partial charge is 0.175 e. The highest BCUT2D eigenvalue weighted by molar-refractivity contribution is 8.00. The summed E-state index contributed by atoms with van der Waals surface area (Å²) >= 11 is 7.40. The van der Waals surface area contributed by atoms with Crippen LogP contribution in [0.25, 0.3) is 0 Å². The third-order valence-corrected chi connectivity index (χ3v) is 4.20. The minimum Gasteiger partial charge on any atom is -0.293 e. The number of thioether (sulfide) groups is 1. The van der Waals surface area contributed by atoms with Gasteiger partial charge in [0.25, 0.3) is 0 Å². The Morgan fingerprint density at radius 1 is 1.05 bits per heavy atom. The van der Waals surface area contributed by atoms with Gasteiger partial charge in [0.2, 0.25) is 0 Å². The van der Waals surface area contributed by atoms with E-state index in [1.807, 2.05) is 19.1 Å². The lowest BCUT2D eigenvalue weighted by Crippen LogP contribution is -2.13. The zero-order valence-corrected chi connectivity index (χ0v) is 12.5. The maximum absolute atomic E-state index is 12.3. The standard InChI is InChI=1S/C16H15ClOS/c1-11-3-9-15(10-4-11)19-12(2)16(18)13-5-7-14(17)8-6-13/h3-10,12H,1-2H3. The molecule has 2 rings (SSSR count). The van der Waals surface area contributed by atoms with Crippen LogP contribution in [0.1, 0.15) is 22.8 Å². The Labute approximate surface area is 123 Å². The molecule has 0 fully saturated rings. The molecule has 1 nitrogen and oxygen atoms in total. The van der Waals surface area contributed by atoms with E-state index >= 15 is 0 Å². The second-order valence-corrected chi connectivity index (χ2v) is 6.29. The van der Waals surface area contributed by atoms with E-state index in [0.29, 0.717) is 10.6 Å². The number of carbonyl (C=O) groups is 1. The van der Waals surface area contributed by atoms with Crippen molar-refractivity contribution in [2.24, 2.45) is 0 Å². The molecule has 0 saturated heterocycles. The molecule has 0 aliphatic rings. The molecule has 0 spiro atoms. The fourth-order valence-electron chi connectivity index (χ4n) is 1.72. The highest BCUT2D eigenvalue weighted by Crippen LogP contribution is 2.26. The molecule has 19 heavy (non-hydrogen) atoms. The van der Waals surface area contributed by atoms with Gasteiger partial charge in [-0.15, -0.1) is 11.8 Å². The number of rotatable bonds is 4. The highest BCUT2D eigenvalue weighted by Gasteiger charge is 2.16. The first-order chi connectivity index (χ1) is 9.06. The summed E-state index contributed by atoms with van der Waals surface area (Å²) in [6.07, 6.45) is 0. The fourth-order valence-corrected chi connectivity index (χ4v) is 2.79. The number of hydrogen-bond acceptors (Lipinski definition) is 2.